The second-order valence-electron chi connectivity index (χ2n) is 12.5. The van der Waals surface area contributed by atoms with E-state index in [1.165, 1.54) is 0 Å². The number of rotatable bonds is 10. The third-order valence-electron chi connectivity index (χ3n) is 9.23. The highest BCUT2D eigenvalue weighted by Crippen LogP contribution is 2.35. The van der Waals surface area contributed by atoms with E-state index in [0.717, 1.165) is 91.3 Å². The van der Waals surface area contributed by atoms with Crippen LogP contribution in [0.25, 0.3) is 11.1 Å². The first kappa shape index (κ1) is 33.3. The molecule has 2 aromatic heterocycles. The highest BCUT2D eigenvalue weighted by Gasteiger charge is 2.29. The van der Waals surface area contributed by atoms with Gasteiger partial charge in [0.15, 0.2) is 0 Å². The molecule has 0 spiro atoms. The number of hydrogen-bond donors (Lipinski definition) is 2. The molecule has 246 valence electrons. The molecule has 3 aromatic rings. The summed E-state index contributed by atoms with van der Waals surface area (Å²) in [5.74, 6) is 0.650. The Kier molecular flexibility index (Phi) is 10.9. The first-order valence-electron chi connectivity index (χ1n) is 16.6. The Morgan fingerprint density at radius 2 is 1.78 bits per heavy atom. The summed E-state index contributed by atoms with van der Waals surface area (Å²) in [4.78, 5) is 54.6. The minimum absolute atomic E-state index is 0.0115. The Hall–Kier alpha value is -4.02. The molecule has 2 aliphatic heterocycles. The minimum atomic E-state index is -0.291. The maximum absolute atomic E-state index is 14.0. The van der Waals surface area contributed by atoms with Crippen LogP contribution in [0.5, 0.6) is 0 Å². The molecule has 0 unspecified atom stereocenters. The predicted molar refractivity (Wildman–Crippen MR) is 183 cm³/mol. The average Bonchev–Trinajstić information content (AvgIpc) is 3.06. The van der Waals surface area contributed by atoms with Crippen LogP contribution in [0.15, 0.2) is 41.3 Å². The summed E-state index contributed by atoms with van der Waals surface area (Å²) in [6, 6.07) is 9.94. The highest BCUT2D eigenvalue weighted by molar-refractivity contribution is 6.02. The van der Waals surface area contributed by atoms with Gasteiger partial charge >= 0.3 is 0 Å². The third kappa shape index (κ3) is 7.50. The zero-order chi connectivity index (χ0) is 32.8. The summed E-state index contributed by atoms with van der Waals surface area (Å²) < 4.78 is 5.62. The molecule has 0 bridgehead atoms. The average molecular weight is 629 g/mol. The molecule has 4 heterocycles. The molecule has 0 atom stereocenters. The lowest BCUT2D eigenvalue weighted by atomic mass is 9.95. The van der Waals surface area contributed by atoms with Gasteiger partial charge in [-0.2, -0.15) is 0 Å². The lowest BCUT2D eigenvalue weighted by Gasteiger charge is -2.36. The van der Waals surface area contributed by atoms with Crippen molar-refractivity contribution in [2.24, 2.45) is 0 Å². The number of pyridine rings is 2. The molecule has 1 aromatic carbocycles. The van der Waals surface area contributed by atoms with E-state index in [1.807, 2.05) is 62.2 Å². The van der Waals surface area contributed by atoms with E-state index in [-0.39, 0.29) is 30.0 Å². The standard InChI is InChI=1S/C36H48N6O4/c1-6-8-26-19-24(3)39-36(45)31(26)23-38-35(44)30-20-28(27-9-10-33(37-22-27)41-15-13-40(5)14-16-41)21-32(25(30)4)42(34(43)7-2)29-11-17-46-18-12-29/h9-10,19-22,29H,6-8,11-18,23H2,1-5H3,(H,38,44)(H,39,45). The fraction of sp³-hybridized carbons (Fsp3) is 0.500. The molecule has 2 fully saturated rings. The highest BCUT2D eigenvalue weighted by atomic mass is 16.5. The summed E-state index contributed by atoms with van der Waals surface area (Å²) in [5.41, 5.74) is 5.74. The van der Waals surface area contributed by atoms with Crippen molar-refractivity contribution >= 4 is 23.3 Å². The zero-order valence-electron chi connectivity index (χ0n) is 27.9. The fourth-order valence-corrected chi connectivity index (χ4v) is 6.51. The normalized spacial score (nSPS) is 16.0. The number of carbonyl (C=O) groups excluding carboxylic acids is 2. The molecule has 0 saturated carbocycles. The molecular weight excluding hydrogens is 580 g/mol. The molecule has 10 nitrogen and oxygen atoms in total. The second-order valence-corrected chi connectivity index (χ2v) is 12.5. The Morgan fingerprint density at radius 3 is 2.43 bits per heavy atom. The number of aromatic nitrogens is 2. The van der Waals surface area contributed by atoms with E-state index in [4.69, 9.17) is 9.72 Å². The van der Waals surface area contributed by atoms with Crippen LogP contribution in [0.2, 0.25) is 0 Å². The summed E-state index contributed by atoms with van der Waals surface area (Å²) in [7, 11) is 2.13. The van der Waals surface area contributed by atoms with E-state index >= 15 is 0 Å². The van der Waals surface area contributed by atoms with Gasteiger partial charge < -0.3 is 29.7 Å². The van der Waals surface area contributed by atoms with Gasteiger partial charge in [0.2, 0.25) is 5.91 Å². The monoisotopic (exact) mass is 628 g/mol. The number of aryl methyl sites for hydroxylation is 2. The van der Waals surface area contributed by atoms with Crippen molar-refractivity contribution in [1.82, 2.24) is 20.2 Å². The number of likely N-dealkylation sites (N-methyl/N-ethyl adjacent to an activating group) is 1. The second kappa shape index (κ2) is 15.0. The molecule has 0 aliphatic carbocycles. The van der Waals surface area contributed by atoms with Gasteiger partial charge in [0.1, 0.15) is 5.82 Å². The minimum Gasteiger partial charge on any atom is -0.381 e. The van der Waals surface area contributed by atoms with Crippen molar-refractivity contribution in [3.8, 4) is 11.1 Å². The molecule has 2 amide bonds. The smallest absolute Gasteiger partial charge is 0.253 e. The van der Waals surface area contributed by atoms with Crippen molar-refractivity contribution in [3.63, 3.8) is 0 Å². The van der Waals surface area contributed by atoms with E-state index in [9.17, 15) is 14.4 Å². The van der Waals surface area contributed by atoms with Crippen molar-refractivity contribution in [3.05, 3.63) is 74.8 Å². The molecule has 5 rings (SSSR count). The van der Waals surface area contributed by atoms with Gasteiger partial charge in [0.05, 0.1) is 0 Å². The van der Waals surface area contributed by atoms with Crippen LogP contribution >= 0.6 is 0 Å². The summed E-state index contributed by atoms with van der Waals surface area (Å²) >= 11 is 0. The van der Waals surface area contributed by atoms with Gasteiger partial charge in [-0.15, -0.1) is 0 Å². The van der Waals surface area contributed by atoms with Crippen LogP contribution in [0, 0.1) is 13.8 Å². The third-order valence-corrected chi connectivity index (χ3v) is 9.23. The number of H-pyrrole nitrogens is 1. The number of aromatic amines is 1. The van der Waals surface area contributed by atoms with Crippen molar-refractivity contribution in [2.75, 3.05) is 56.2 Å². The SMILES string of the molecule is CCCc1cc(C)[nH]c(=O)c1CNC(=O)c1cc(-c2ccc(N3CCN(C)CC3)nc2)cc(N(C(=O)CC)C2CCOCC2)c1C. The molecular formula is C36H48N6O4. The van der Waals surface area contributed by atoms with Crippen LogP contribution in [0.4, 0.5) is 11.5 Å². The first-order chi connectivity index (χ1) is 22.2. The number of anilines is 2. The maximum atomic E-state index is 14.0. The molecule has 2 N–H and O–H groups in total. The van der Waals surface area contributed by atoms with Crippen LogP contribution in [-0.4, -0.2) is 79.2 Å². The van der Waals surface area contributed by atoms with Crippen molar-refractivity contribution in [1.29, 1.82) is 0 Å². The van der Waals surface area contributed by atoms with E-state index in [0.29, 0.717) is 30.8 Å². The van der Waals surface area contributed by atoms with Crippen LogP contribution in [-0.2, 0) is 22.5 Å². The number of carbonyl (C=O) groups is 2. The van der Waals surface area contributed by atoms with Crippen molar-refractivity contribution in [2.45, 2.75) is 72.4 Å². The van der Waals surface area contributed by atoms with Gasteiger partial charge in [0.25, 0.3) is 11.5 Å². The van der Waals surface area contributed by atoms with E-state index in [1.54, 1.807) is 0 Å². The molecule has 0 radical (unpaired) electrons. The predicted octanol–water partition coefficient (Wildman–Crippen LogP) is 4.61. The molecule has 46 heavy (non-hydrogen) atoms. The van der Waals surface area contributed by atoms with Crippen molar-refractivity contribution < 1.29 is 14.3 Å². The summed E-state index contributed by atoms with van der Waals surface area (Å²) in [6.45, 7) is 12.8. The van der Waals surface area contributed by atoms with Crippen LogP contribution < -0.4 is 20.7 Å². The number of nitrogens with one attached hydrogen (secondary N) is 2. The van der Waals surface area contributed by atoms with Crippen LogP contribution in [0.3, 0.4) is 0 Å². The summed E-state index contributed by atoms with van der Waals surface area (Å²) in [5, 5.41) is 3.03. The Morgan fingerprint density at radius 1 is 1.04 bits per heavy atom. The quantitative estimate of drug-likeness (QED) is 0.338. The van der Waals surface area contributed by atoms with E-state index < -0.39 is 0 Å². The number of piperazine rings is 1. The first-order valence-corrected chi connectivity index (χ1v) is 16.6. The largest absolute Gasteiger partial charge is 0.381 e. The summed E-state index contributed by atoms with van der Waals surface area (Å²) in [6.07, 6.45) is 5.31. The molecule has 2 saturated heterocycles. The fourth-order valence-electron chi connectivity index (χ4n) is 6.51. The van der Waals surface area contributed by atoms with Gasteiger partial charge in [-0.25, -0.2) is 4.98 Å². The van der Waals surface area contributed by atoms with Gasteiger partial charge in [-0.1, -0.05) is 20.3 Å². The Bertz CT molecular complexity index is 1590. The topological polar surface area (TPSA) is 111 Å². The molecule has 2 aliphatic rings. The lowest BCUT2D eigenvalue weighted by Crippen LogP contribution is -2.44. The maximum Gasteiger partial charge on any atom is 0.253 e. The van der Waals surface area contributed by atoms with Gasteiger partial charge in [-0.05, 0) is 87.2 Å². The lowest BCUT2D eigenvalue weighted by molar-refractivity contribution is -0.119. The number of amides is 2. The Labute approximate surface area is 272 Å². The van der Waals surface area contributed by atoms with Crippen LogP contribution in [0.1, 0.15) is 72.3 Å². The Balaban J connectivity index is 1.53. The number of ether oxygens (including phenoxy) is 1. The molecule has 10 heteroatoms. The number of benzene rings is 1. The van der Waals surface area contributed by atoms with Gasteiger partial charge in [0, 0.05) is 92.7 Å². The van der Waals surface area contributed by atoms with Gasteiger partial charge in [-0.3, -0.25) is 14.4 Å². The zero-order valence-corrected chi connectivity index (χ0v) is 27.9. The number of hydrogen-bond acceptors (Lipinski definition) is 7. The van der Waals surface area contributed by atoms with E-state index in [2.05, 4.69) is 34.1 Å². The number of nitrogens with zero attached hydrogens (tertiary/aromatic N) is 4.